The zero-order valence-corrected chi connectivity index (χ0v) is 14.4. The molecule has 0 spiro atoms. The Balaban J connectivity index is 1.84. The van der Waals surface area contributed by atoms with Crippen molar-refractivity contribution in [3.05, 3.63) is 60.4 Å². The van der Waals surface area contributed by atoms with Crippen LogP contribution < -0.4 is 15.4 Å². The van der Waals surface area contributed by atoms with Gasteiger partial charge in [0.1, 0.15) is 11.8 Å². The summed E-state index contributed by atoms with van der Waals surface area (Å²) in [5, 5.41) is 5.56. The van der Waals surface area contributed by atoms with E-state index >= 15 is 0 Å². The van der Waals surface area contributed by atoms with E-state index in [4.69, 9.17) is 4.74 Å². The molecule has 0 saturated heterocycles. The number of ether oxygens (including phenoxy) is 1. The second-order valence-corrected chi connectivity index (χ2v) is 5.97. The summed E-state index contributed by atoms with van der Waals surface area (Å²) >= 11 is 0. The minimum absolute atomic E-state index is 0.0467. The van der Waals surface area contributed by atoms with Gasteiger partial charge in [-0.25, -0.2) is 0 Å². The monoisotopic (exact) mass is 341 g/mol. The molecule has 2 rings (SSSR count). The van der Waals surface area contributed by atoms with Gasteiger partial charge in [-0.15, -0.1) is 0 Å². The molecular formula is C19H23N3O3. The van der Waals surface area contributed by atoms with Crippen molar-refractivity contribution in [3.8, 4) is 5.75 Å². The van der Waals surface area contributed by atoms with E-state index in [1.165, 1.54) is 0 Å². The van der Waals surface area contributed by atoms with E-state index in [9.17, 15) is 9.59 Å². The molecule has 0 saturated carbocycles. The average molecular weight is 341 g/mol. The molecule has 2 N–H and O–H groups in total. The van der Waals surface area contributed by atoms with Crippen LogP contribution in [-0.4, -0.2) is 29.4 Å². The first-order chi connectivity index (χ1) is 12.1. The van der Waals surface area contributed by atoms with Gasteiger partial charge in [-0.3, -0.25) is 14.6 Å². The van der Waals surface area contributed by atoms with Gasteiger partial charge in [0.15, 0.2) is 6.61 Å². The summed E-state index contributed by atoms with van der Waals surface area (Å²) in [5.74, 6) is 0.000319. The molecule has 0 aliphatic carbocycles. The summed E-state index contributed by atoms with van der Waals surface area (Å²) in [4.78, 5) is 28.5. The molecule has 25 heavy (non-hydrogen) atoms. The van der Waals surface area contributed by atoms with Crippen LogP contribution in [0.2, 0.25) is 0 Å². The zero-order chi connectivity index (χ0) is 18.1. The molecule has 1 heterocycles. The van der Waals surface area contributed by atoms with Gasteiger partial charge in [-0.1, -0.05) is 38.1 Å². The molecule has 132 valence electrons. The smallest absolute Gasteiger partial charge is 0.258 e. The van der Waals surface area contributed by atoms with Crippen LogP contribution in [0.3, 0.4) is 0 Å². The quantitative estimate of drug-likeness (QED) is 0.769. The molecule has 0 aliphatic heterocycles. The second kappa shape index (κ2) is 9.42. The van der Waals surface area contributed by atoms with Crippen molar-refractivity contribution in [1.29, 1.82) is 0 Å². The maximum absolute atomic E-state index is 12.4. The molecule has 2 aromatic rings. The number of nitrogens with one attached hydrogen (secondary N) is 2. The number of aromatic nitrogens is 1. The summed E-state index contributed by atoms with van der Waals surface area (Å²) in [6, 6.07) is 12.1. The van der Waals surface area contributed by atoms with Crippen molar-refractivity contribution in [2.45, 2.75) is 26.4 Å². The summed E-state index contributed by atoms with van der Waals surface area (Å²) < 4.78 is 5.41. The number of carbonyl (C=O) groups excluding carboxylic acids is 2. The Hall–Kier alpha value is -2.89. The summed E-state index contributed by atoms with van der Waals surface area (Å²) in [7, 11) is 0. The summed E-state index contributed by atoms with van der Waals surface area (Å²) in [6.45, 7) is 3.99. The van der Waals surface area contributed by atoms with E-state index in [1.807, 2.05) is 44.2 Å². The van der Waals surface area contributed by atoms with Gasteiger partial charge in [0, 0.05) is 18.9 Å². The number of para-hydroxylation sites is 1. The second-order valence-electron chi connectivity index (χ2n) is 5.97. The highest BCUT2D eigenvalue weighted by Crippen LogP contribution is 2.08. The fraction of sp³-hybridized carbons (Fsp3) is 0.316. The van der Waals surface area contributed by atoms with Crippen LogP contribution in [0, 0.1) is 5.92 Å². The van der Waals surface area contributed by atoms with E-state index in [2.05, 4.69) is 15.6 Å². The Kier molecular flexibility index (Phi) is 6.95. The number of pyridine rings is 1. The molecule has 0 aliphatic rings. The van der Waals surface area contributed by atoms with Crippen molar-refractivity contribution in [2.75, 3.05) is 6.61 Å². The maximum atomic E-state index is 12.4. The number of nitrogens with zero attached hydrogens (tertiary/aromatic N) is 1. The first kappa shape index (κ1) is 18.4. The lowest BCUT2D eigenvalue weighted by Gasteiger charge is -2.21. The van der Waals surface area contributed by atoms with Crippen molar-refractivity contribution in [1.82, 2.24) is 15.6 Å². The van der Waals surface area contributed by atoms with Crippen LogP contribution >= 0.6 is 0 Å². The van der Waals surface area contributed by atoms with E-state index in [-0.39, 0.29) is 24.3 Å². The zero-order valence-electron chi connectivity index (χ0n) is 14.4. The Morgan fingerprint density at radius 1 is 1.12 bits per heavy atom. The number of carbonyl (C=O) groups is 2. The molecule has 6 heteroatoms. The van der Waals surface area contributed by atoms with Crippen molar-refractivity contribution in [3.63, 3.8) is 0 Å². The Morgan fingerprint density at radius 3 is 2.52 bits per heavy atom. The lowest BCUT2D eigenvalue weighted by molar-refractivity contribution is -0.131. The minimum atomic E-state index is -0.622. The number of hydrogen-bond donors (Lipinski definition) is 2. The third-order valence-corrected chi connectivity index (χ3v) is 3.57. The minimum Gasteiger partial charge on any atom is -0.484 e. The van der Waals surface area contributed by atoms with Crippen molar-refractivity contribution < 1.29 is 14.3 Å². The molecule has 1 atom stereocenters. The Bertz CT molecular complexity index is 675. The highest BCUT2D eigenvalue weighted by molar-refractivity contribution is 5.88. The van der Waals surface area contributed by atoms with Gasteiger partial charge in [-0.2, -0.15) is 0 Å². The fourth-order valence-electron chi connectivity index (χ4n) is 2.22. The summed E-state index contributed by atoms with van der Waals surface area (Å²) in [6.07, 6.45) is 3.37. The van der Waals surface area contributed by atoms with Gasteiger partial charge in [0.2, 0.25) is 5.91 Å². The van der Waals surface area contributed by atoms with Crippen LogP contribution in [0.1, 0.15) is 19.4 Å². The number of benzene rings is 1. The molecule has 6 nitrogen and oxygen atoms in total. The van der Waals surface area contributed by atoms with E-state index in [1.54, 1.807) is 24.5 Å². The highest BCUT2D eigenvalue weighted by atomic mass is 16.5. The van der Waals surface area contributed by atoms with Gasteiger partial charge in [0.25, 0.3) is 5.91 Å². The average Bonchev–Trinajstić information content (AvgIpc) is 2.64. The van der Waals surface area contributed by atoms with Crippen LogP contribution in [0.25, 0.3) is 0 Å². The molecule has 2 amide bonds. The molecule has 0 bridgehead atoms. The molecule has 0 radical (unpaired) electrons. The highest BCUT2D eigenvalue weighted by Gasteiger charge is 2.24. The van der Waals surface area contributed by atoms with Gasteiger partial charge < -0.3 is 15.4 Å². The van der Waals surface area contributed by atoms with Crippen molar-refractivity contribution in [2.24, 2.45) is 5.92 Å². The van der Waals surface area contributed by atoms with Gasteiger partial charge in [-0.05, 0) is 29.7 Å². The molecule has 0 fully saturated rings. The predicted molar refractivity (Wildman–Crippen MR) is 94.8 cm³/mol. The fourth-order valence-corrected chi connectivity index (χ4v) is 2.22. The third-order valence-electron chi connectivity index (χ3n) is 3.57. The number of amides is 2. The van der Waals surface area contributed by atoms with Crippen molar-refractivity contribution >= 4 is 11.8 Å². The normalized spacial score (nSPS) is 11.6. The molecule has 0 unspecified atom stereocenters. The van der Waals surface area contributed by atoms with Crippen LogP contribution in [0.15, 0.2) is 54.9 Å². The number of hydrogen-bond acceptors (Lipinski definition) is 4. The molecule has 1 aromatic carbocycles. The SMILES string of the molecule is CC(C)[C@H](NC(=O)COc1ccccc1)C(=O)NCc1cccnc1. The van der Waals surface area contributed by atoms with E-state index in [0.29, 0.717) is 12.3 Å². The topological polar surface area (TPSA) is 80.3 Å². The van der Waals surface area contributed by atoms with E-state index in [0.717, 1.165) is 5.56 Å². The first-order valence-corrected chi connectivity index (χ1v) is 8.20. The standard InChI is InChI=1S/C19H23N3O3/c1-14(2)18(19(24)21-12-15-7-6-10-20-11-15)22-17(23)13-25-16-8-4-3-5-9-16/h3-11,14,18H,12-13H2,1-2H3,(H,21,24)(H,22,23)/t18-/m0/s1. The summed E-state index contributed by atoms with van der Waals surface area (Å²) in [5.41, 5.74) is 0.900. The maximum Gasteiger partial charge on any atom is 0.258 e. The van der Waals surface area contributed by atoms with Gasteiger partial charge >= 0.3 is 0 Å². The van der Waals surface area contributed by atoms with Crippen LogP contribution in [0.5, 0.6) is 5.75 Å². The van der Waals surface area contributed by atoms with E-state index < -0.39 is 6.04 Å². The lowest BCUT2D eigenvalue weighted by Crippen LogP contribution is -2.50. The molecule has 1 aromatic heterocycles. The molecular weight excluding hydrogens is 318 g/mol. The first-order valence-electron chi connectivity index (χ1n) is 8.20. The lowest BCUT2D eigenvalue weighted by atomic mass is 10.0. The third kappa shape index (κ3) is 6.25. The Labute approximate surface area is 147 Å². The van der Waals surface area contributed by atoms with Crippen LogP contribution in [-0.2, 0) is 16.1 Å². The van der Waals surface area contributed by atoms with Gasteiger partial charge in [0.05, 0.1) is 0 Å². The predicted octanol–water partition coefficient (Wildman–Crippen LogP) is 1.92. The number of rotatable bonds is 8. The Morgan fingerprint density at radius 2 is 1.88 bits per heavy atom. The largest absolute Gasteiger partial charge is 0.484 e. The van der Waals surface area contributed by atoms with Crippen LogP contribution in [0.4, 0.5) is 0 Å².